The van der Waals surface area contributed by atoms with Gasteiger partial charge in [0.05, 0.1) is 6.10 Å². The van der Waals surface area contributed by atoms with Gasteiger partial charge in [-0.25, -0.2) is 4.79 Å². The van der Waals surface area contributed by atoms with Crippen LogP contribution >= 0.6 is 0 Å². The molecule has 0 heterocycles. The first kappa shape index (κ1) is 14.0. The molecule has 1 atom stereocenters. The lowest BCUT2D eigenvalue weighted by Gasteiger charge is -2.07. The van der Waals surface area contributed by atoms with Crippen molar-refractivity contribution in [2.45, 2.75) is 12.5 Å². The van der Waals surface area contributed by atoms with E-state index in [1.165, 1.54) is 11.6 Å². The minimum Gasteiger partial charge on any atom is -0.478 e. The van der Waals surface area contributed by atoms with Crippen LogP contribution in [0.3, 0.4) is 0 Å². The van der Waals surface area contributed by atoms with E-state index in [0.29, 0.717) is 5.56 Å². The summed E-state index contributed by atoms with van der Waals surface area (Å²) in [5, 5.41) is 18.3. The van der Waals surface area contributed by atoms with Crippen LogP contribution in [0.15, 0.2) is 66.7 Å². The lowest BCUT2D eigenvalue weighted by atomic mass is 10.0. The second-order valence-corrected chi connectivity index (χ2v) is 4.55. The zero-order valence-corrected chi connectivity index (χ0v) is 10.9. The Hall–Kier alpha value is -2.39. The Balaban J connectivity index is 2.04. The van der Waals surface area contributed by atoms with Gasteiger partial charge >= 0.3 is 5.97 Å². The molecule has 102 valence electrons. The molecular formula is C17H16O3. The van der Waals surface area contributed by atoms with Gasteiger partial charge in [-0.1, -0.05) is 54.6 Å². The van der Waals surface area contributed by atoms with E-state index >= 15 is 0 Å². The lowest BCUT2D eigenvalue weighted by molar-refractivity contribution is -0.131. The van der Waals surface area contributed by atoms with Crippen LogP contribution in [0.2, 0.25) is 0 Å². The second-order valence-electron chi connectivity index (χ2n) is 4.55. The quantitative estimate of drug-likeness (QED) is 0.820. The van der Waals surface area contributed by atoms with Crippen molar-refractivity contribution in [3.63, 3.8) is 0 Å². The molecule has 0 saturated carbocycles. The van der Waals surface area contributed by atoms with E-state index in [0.717, 1.165) is 18.1 Å². The summed E-state index contributed by atoms with van der Waals surface area (Å²) >= 11 is 0. The molecule has 20 heavy (non-hydrogen) atoms. The maximum Gasteiger partial charge on any atom is 0.328 e. The normalized spacial score (nSPS) is 12.4. The molecule has 0 aromatic heterocycles. The summed E-state index contributed by atoms with van der Waals surface area (Å²) in [7, 11) is 0. The van der Waals surface area contributed by atoms with Crippen molar-refractivity contribution < 1.29 is 15.0 Å². The number of hydrogen-bond acceptors (Lipinski definition) is 2. The molecule has 0 aliphatic heterocycles. The number of rotatable bonds is 5. The standard InChI is InChI=1S/C17H16O3/c18-16(10-11-17(19)20)15-8-6-14(7-9-15)12-13-4-2-1-3-5-13/h1-11,16,18H,12H2,(H,19,20)/b11-10+. The van der Waals surface area contributed by atoms with Crippen molar-refractivity contribution in [1.29, 1.82) is 0 Å². The van der Waals surface area contributed by atoms with E-state index in [2.05, 4.69) is 12.1 Å². The third kappa shape index (κ3) is 4.07. The molecular weight excluding hydrogens is 252 g/mol. The van der Waals surface area contributed by atoms with Crippen molar-refractivity contribution in [3.05, 3.63) is 83.4 Å². The van der Waals surface area contributed by atoms with Gasteiger partial charge in [0.2, 0.25) is 0 Å². The first-order valence-electron chi connectivity index (χ1n) is 6.37. The first-order chi connectivity index (χ1) is 9.65. The minimum atomic E-state index is -1.07. The van der Waals surface area contributed by atoms with E-state index < -0.39 is 12.1 Å². The van der Waals surface area contributed by atoms with E-state index in [-0.39, 0.29) is 0 Å². The third-order valence-corrected chi connectivity index (χ3v) is 2.99. The number of carboxylic acid groups (broad SMARTS) is 1. The first-order valence-corrected chi connectivity index (χ1v) is 6.37. The van der Waals surface area contributed by atoms with Gasteiger partial charge in [0.25, 0.3) is 0 Å². The van der Waals surface area contributed by atoms with Gasteiger partial charge in [-0.3, -0.25) is 0 Å². The average Bonchev–Trinajstić information content (AvgIpc) is 2.46. The molecule has 3 heteroatoms. The monoisotopic (exact) mass is 268 g/mol. The van der Waals surface area contributed by atoms with Crippen molar-refractivity contribution in [2.24, 2.45) is 0 Å². The molecule has 0 bridgehead atoms. The molecule has 2 aromatic carbocycles. The van der Waals surface area contributed by atoms with Crippen molar-refractivity contribution >= 4 is 5.97 Å². The average molecular weight is 268 g/mol. The number of benzene rings is 2. The van der Waals surface area contributed by atoms with Gasteiger partial charge < -0.3 is 10.2 Å². The summed E-state index contributed by atoms with van der Waals surface area (Å²) in [6.45, 7) is 0. The fourth-order valence-corrected chi connectivity index (χ4v) is 1.95. The maximum absolute atomic E-state index is 10.4. The smallest absolute Gasteiger partial charge is 0.328 e. The lowest BCUT2D eigenvalue weighted by Crippen LogP contribution is -1.96. The van der Waals surface area contributed by atoms with Crippen LogP contribution in [0.5, 0.6) is 0 Å². The van der Waals surface area contributed by atoms with Crippen LogP contribution in [0, 0.1) is 0 Å². The molecule has 0 saturated heterocycles. The van der Waals surface area contributed by atoms with Gasteiger partial charge in [0.1, 0.15) is 0 Å². The van der Waals surface area contributed by atoms with Gasteiger partial charge in [0, 0.05) is 6.08 Å². The van der Waals surface area contributed by atoms with Crippen LogP contribution in [0.25, 0.3) is 0 Å². The predicted octanol–water partition coefficient (Wildman–Crippen LogP) is 2.95. The Morgan fingerprint density at radius 1 is 1.00 bits per heavy atom. The Labute approximate surface area is 117 Å². The number of carbonyl (C=O) groups is 1. The zero-order chi connectivity index (χ0) is 14.4. The van der Waals surface area contributed by atoms with Gasteiger partial charge in [-0.2, -0.15) is 0 Å². The molecule has 0 fully saturated rings. The number of aliphatic hydroxyl groups excluding tert-OH is 1. The van der Waals surface area contributed by atoms with E-state index in [1.54, 1.807) is 0 Å². The SMILES string of the molecule is O=C(O)/C=C/C(O)c1ccc(Cc2ccccc2)cc1. The molecule has 0 aliphatic rings. The Bertz CT molecular complexity index is 585. The van der Waals surface area contributed by atoms with Crippen molar-refractivity contribution in [2.75, 3.05) is 0 Å². The summed E-state index contributed by atoms with van der Waals surface area (Å²) < 4.78 is 0. The molecule has 2 N–H and O–H groups in total. The maximum atomic E-state index is 10.4. The number of hydrogen-bond donors (Lipinski definition) is 2. The third-order valence-electron chi connectivity index (χ3n) is 2.99. The molecule has 0 radical (unpaired) electrons. The van der Waals surface area contributed by atoms with Gasteiger partial charge in [-0.05, 0) is 29.2 Å². The highest BCUT2D eigenvalue weighted by Crippen LogP contribution is 2.17. The van der Waals surface area contributed by atoms with E-state index in [4.69, 9.17) is 5.11 Å². The highest BCUT2D eigenvalue weighted by Gasteiger charge is 2.04. The number of carboxylic acids is 1. The van der Waals surface area contributed by atoms with Crippen LogP contribution in [0.1, 0.15) is 22.8 Å². The molecule has 2 rings (SSSR count). The summed E-state index contributed by atoms with van der Waals surface area (Å²) in [5.74, 6) is -1.07. The minimum absolute atomic E-state index is 0.680. The highest BCUT2D eigenvalue weighted by atomic mass is 16.4. The number of aliphatic hydroxyl groups is 1. The molecule has 0 aliphatic carbocycles. The van der Waals surface area contributed by atoms with Gasteiger partial charge in [-0.15, -0.1) is 0 Å². The summed E-state index contributed by atoms with van der Waals surface area (Å²) in [5.41, 5.74) is 3.06. The largest absolute Gasteiger partial charge is 0.478 e. The van der Waals surface area contributed by atoms with Crippen LogP contribution in [-0.4, -0.2) is 16.2 Å². The second kappa shape index (κ2) is 6.68. The van der Waals surface area contributed by atoms with Crippen LogP contribution in [0.4, 0.5) is 0 Å². The topological polar surface area (TPSA) is 57.5 Å². The van der Waals surface area contributed by atoms with Crippen LogP contribution < -0.4 is 0 Å². The molecule has 0 spiro atoms. The Morgan fingerprint density at radius 3 is 2.20 bits per heavy atom. The number of aliphatic carboxylic acids is 1. The summed E-state index contributed by atoms with van der Waals surface area (Å²) in [6.07, 6.45) is 2.15. The molecule has 1 unspecified atom stereocenters. The van der Waals surface area contributed by atoms with Gasteiger partial charge in [0.15, 0.2) is 0 Å². The summed E-state index contributed by atoms with van der Waals surface area (Å²) in [4.78, 5) is 10.4. The molecule has 0 amide bonds. The highest BCUT2D eigenvalue weighted by molar-refractivity contribution is 5.79. The fourth-order valence-electron chi connectivity index (χ4n) is 1.95. The van der Waals surface area contributed by atoms with Crippen molar-refractivity contribution in [1.82, 2.24) is 0 Å². The van der Waals surface area contributed by atoms with E-state index in [9.17, 15) is 9.90 Å². The zero-order valence-electron chi connectivity index (χ0n) is 10.9. The van der Waals surface area contributed by atoms with E-state index in [1.807, 2.05) is 42.5 Å². The molecule has 2 aromatic rings. The predicted molar refractivity (Wildman–Crippen MR) is 77.4 cm³/mol. The van der Waals surface area contributed by atoms with Crippen molar-refractivity contribution in [3.8, 4) is 0 Å². The molecule has 3 nitrogen and oxygen atoms in total. The Morgan fingerprint density at radius 2 is 1.60 bits per heavy atom. The fraction of sp³-hybridized carbons (Fsp3) is 0.118. The van der Waals surface area contributed by atoms with Crippen LogP contribution in [-0.2, 0) is 11.2 Å². The Kier molecular flexibility index (Phi) is 4.69. The summed E-state index contributed by atoms with van der Waals surface area (Å²) in [6, 6.07) is 17.6.